The molecule has 3 heteroatoms. The summed E-state index contributed by atoms with van der Waals surface area (Å²) in [5, 5.41) is 3.36. The van der Waals surface area contributed by atoms with Gasteiger partial charge in [0.1, 0.15) is 5.82 Å². The van der Waals surface area contributed by atoms with Gasteiger partial charge in [0.15, 0.2) is 0 Å². The van der Waals surface area contributed by atoms with Gasteiger partial charge in [-0.25, -0.2) is 4.39 Å². The van der Waals surface area contributed by atoms with Crippen LogP contribution in [0.25, 0.3) is 0 Å². The molecule has 1 N–H and O–H groups in total. The third-order valence-corrected chi connectivity index (χ3v) is 3.23. The molecule has 1 aromatic rings. The highest BCUT2D eigenvalue weighted by atomic mass is 19.1. The van der Waals surface area contributed by atoms with Crippen molar-refractivity contribution < 1.29 is 4.39 Å². The van der Waals surface area contributed by atoms with Crippen LogP contribution in [-0.4, -0.2) is 11.5 Å². The molecule has 102 valence electrons. The van der Waals surface area contributed by atoms with Gasteiger partial charge in [-0.1, -0.05) is 46.0 Å². The van der Waals surface area contributed by atoms with E-state index in [2.05, 4.69) is 24.1 Å². The monoisotopic (exact) mass is 252 g/mol. The number of pyridine rings is 1. The maximum Gasteiger partial charge on any atom is 0.146 e. The molecule has 0 saturated heterocycles. The van der Waals surface area contributed by atoms with Crippen LogP contribution in [0.2, 0.25) is 0 Å². The summed E-state index contributed by atoms with van der Waals surface area (Å²) >= 11 is 0. The highest BCUT2D eigenvalue weighted by molar-refractivity contribution is 5.17. The molecule has 1 rings (SSSR count). The van der Waals surface area contributed by atoms with E-state index in [9.17, 15) is 4.39 Å². The number of aromatic nitrogens is 1. The second-order valence-corrected chi connectivity index (χ2v) is 4.71. The second-order valence-electron chi connectivity index (χ2n) is 4.71. The SMILES string of the molecule is CCCCCCCC(NCC)c1ccncc1F. The van der Waals surface area contributed by atoms with Gasteiger partial charge in [0.25, 0.3) is 0 Å². The Hall–Kier alpha value is -0.960. The summed E-state index contributed by atoms with van der Waals surface area (Å²) in [6.07, 6.45) is 10.2. The first kappa shape index (κ1) is 15.1. The molecule has 0 amide bonds. The maximum atomic E-state index is 13.7. The van der Waals surface area contributed by atoms with Gasteiger partial charge in [-0.2, -0.15) is 0 Å². The minimum absolute atomic E-state index is 0.125. The average molecular weight is 252 g/mol. The Morgan fingerprint density at radius 2 is 2.00 bits per heavy atom. The second kappa shape index (κ2) is 9.03. The number of halogens is 1. The smallest absolute Gasteiger partial charge is 0.146 e. The van der Waals surface area contributed by atoms with Crippen molar-refractivity contribution in [2.45, 2.75) is 58.4 Å². The maximum absolute atomic E-state index is 13.7. The van der Waals surface area contributed by atoms with Gasteiger partial charge in [0.2, 0.25) is 0 Å². The molecule has 0 aliphatic rings. The first-order valence-corrected chi connectivity index (χ1v) is 7.12. The first-order chi connectivity index (χ1) is 8.79. The number of hydrogen-bond acceptors (Lipinski definition) is 2. The van der Waals surface area contributed by atoms with Crippen LogP contribution in [0.15, 0.2) is 18.5 Å². The van der Waals surface area contributed by atoms with Crippen LogP contribution >= 0.6 is 0 Å². The summed E-state index contributed by atoms with van der Waals surface area (Å²) < 4.78 is 13.7. The largest absolute Gasteiger partial charge is 0.310 e. The summed E-state index contributed by atoms with van der Waals surface area (Å²) in [4.78, 5) is 3.81. The molecule has 0 aliphatic carbocycles. The molecule has 0 saturated carbocycles. The minimum atomic E-state index is -0.197. The Morgan fingerprint density at radius 1 is 1.22 bits per heavy atom. The van der Waals surface area contributed by atoms with E-state index in [1.807, 2.05) is 0 Å². The molecular weight excluding hydrogens is 227 g/mol. The molecule has 0 aliphatic heterocycles. The van der Waals surface area contributed by atoms with Gasteiger partial charge in [0, 0.05) is 17.8 Å². The Balaban J connectivity index is 2.47. The van der Waals surface area contributed by atoms with Gasteiger partial charge in [-0.15, -0.1) is 0 Å². The highest BCUT2D eigenvalue weighted by Crippen LogP contribution is 2.22. The van der Waals surface area contributed by atoms with E-state index < -0.39 is 0 Å². The lowest BCUT2D eigenvalue weighted by atomic mass is 10.00. The third kappa shape index (κ3) is 5.13. The molecule has 18 heavy (non-hydrogen) atoms. The summed E-state index contributed by atoms with van der Waals surface area (Å²) in [6, 6.07) is 1.91. The quantitative estimate of drug-likeness (QED) is 0.665. The van der Waals surface area contributed by atoms with Gasteiger partial charge >= 0.3 is 0 Å². The van der Waals surface area contributed by atoms with Crippen LogP contribution in [0.3, 0.4) is 0 Å². The molecule has 0 radical (unpaired) electrons. The van der Waals surface area contributed by atoms with Crippen LogP contribution in [0.5, 0.6) is 0 Å². The molecule has 1 heterocycles. The van der Waals surface area contributed by atoms with Crippen molar-refractivity contribution in [3.8, 4) is 0 Å². The fourth-order valence-corrected chi connectivity index (χ4v) is 2.23. The Bertz CT molecular complexity index is 328. The first-order valence-electron chi connectivity index (χ1n) is 7.12. The Labute approximate surface area is 110 Å². The lowest BCUT2D eigenvalue weighted by Crippen LogP contribution is -2.22. The average Bonchev–Trinajstić information content (AvgIpc) is 2.38. The van der Waals surface area contributed by atoms with Crippen molar-refractivity contribution >= 4 is 0 Å². The van der Waals surface area contributed by atoms with Crippen LogP contribution in [0.1, 0.15) is 64.0 Å². The lowest BCUT2D eigenvalue weighted by molar-refractivity contribution is 0.457. The van der Waals surface area contributed by atoms with Crippen molar-refractivity contribution in [1.82, 2.24) is 10.3 Å². The molecule has 0 spiro atoms. The normalized spacial score (nSPS) is 12.6. The lowest BCUT2D eigenvalue weighted by Gasteiger charge is -2.18. The fourth-order valence-electron chi connectivity index (χ4n) is 2.23. The molecule has 2 nitrogen and oxygen atoms in total. The van der Waals surface area contributed by atoms with Crippen LogP contribution in [0, 0.1) is 5.82 Å². The van der Waals surface area contributed by atoms with E-state index in [1.54, 1.807) is 12.3 Å². The zero-order valence-corrected chi connectivity index (χ0v) is 11.6. The summed E-state index contributed by atoms with van der Waals surface area (Å²) in [6.45, 7) is 5.14. The zero-order valence-electron chi connectivity index (χ0n) is 11.6. The topological polar surface area (TPSA) is 24.9 Å². The number of nitrogens with one attached hydrogen (secondary N) is 1. The predicted molar refractivity (Wildman–Crippen MR) is 74.0 cm³/mol. The molecule has 1 unspecified atom stereocenters. The van der Waals surface area contributed by atoms with E-state index in [1.165, 1.54) is 31.9 Å². The standard InChI is InChI=1S/C15H25FN2/c1-3-5-6-7-8-9-15(18-4-2)13-10-11-17-12-14(13)16/h10-12,15,18H,3-9H2,1-2H3. The molecular formula is C15H25FN2. The van der Waals surface area contributed by atoms with Crippen molar-refractivity contribution in [3.05, 3.63) is 29.8 Å². The minimum Gasteiger partial charge on any atom is -0.310 e. The predicted octanol–water partition coefficient (Wildman–Crippen LogP) is 4.23. The zero-order chi connectivity index (χ0) is 13.2. The van der Waals surface area contributed by atoms with Crippen molar-refractivity contribution in [3.63, 3.8) is 0 Å². The number of rotatable bonds is 9. The Morgan fingerprint density at radius 3 is 2.67 bits per heavy atom. The van der Waals surface area contributed by atoms with Crippen LogP contribution < -0.4 is 5.32 Å². The van der Waals surface area contributed by atoms with Gasteiger partial charge < -0.3 is 5.32 Å². The van der Waals surface area contributed by atoms with Gasteiger partial charge in [0.05, 0.1) is 6.20 Å². The van der Waals surface area contributed by atoms with E-state index in [0.29, 0.717) is 0 Å². The summed E-state index contributed by atoms with van der Waals surface area (Å²) in [7, 11) is 0. The molecule has 0 bridgehead atoms. The highest BCUT2D eigenvalue weighted by Gasteiger charge is 2.13. The van der Waals surface area contributed by atoms with E-state index in [-0.39, 0.29) is 11.9 Å². The van der Waals surface area contributed by atoms with Crippen molar-refractivity contribution in [2.24, 2.45) is 0 Å². The van der Waals surface area contributed by atoms with E-state index in [0.717, 1.165) is 24.9 Å². The third-order valence-electron chi connectivity index (χ3n) is 3.23. The van der Waals surface area contributed by atoms with Crippen LogP contribution in [-0.2, 0) is 0 Å². The van der Waals surface area contributed by atoms with Crippen LogP contribution in [0.4, 0.5) is 4.39 Å². The van der Waals surface area contributed by atoms with E-state index >= 15 is 0 Å². The summed E-state index contributed by atoms with van der Waals surface area (Å²) in [5.74, 6) is -0.197. The number of nitrogens with zero attached hydrogens (tertiary/aromatic N) is 1. The molecule has 0 fully saturated rings. The van der Waals surface area contributed by atoms with Crippen molar-refractivity contribution in [2.75, 3.05) is 6.54 Å². The number of hydrogen-bond donors (Lipinski definition) is 1. The van der Waals surface area contributed by atoms with Gasteiger partial charge in [-0.3, -0.25) is 4.98 Å². The van der Waals surface area contributed by atoms with E-state index in [4.69, 9.17) is 0 Å². The molecule has 1 aromatic heterocycles. The number of unbranched alkanes of at least 4 members (excludes halogenated alkanes) is 4. The molecule has 0 aromatic carbocycles. The molecule has 1 atom stereocenters. The van der Waals surface area contributed by atoms with Crippen molar-refractivity contribution in [1.29, 1.82) is 0 Å². The van der Waals surface area contributed by atoms with Gasteiger partial charge in [-0.05, 0) is 19.0 Å². The summed E-state index contributed by atoms with van der Waals surface area (Å²) in [5.41, 5.74) is 0.752. The Kier molecular flexibility index (Phi) is 7.58. The fraction of sp³-hybridized carbons (Fsp3) is 0.667.